The molecule has 1 atom stereocenters. The molecule has 9 heteroatoms. The maximum Gasteiger partial charge on any atom is 0.265 e. The zero-order valence-electron chi connectivity index (χ0n) is 16.8. The number of carbonyl (C=O) groups excluding carboxylic acids is 2. The van der Waals surface area contributed by atoms with Gasteiger partial charge in [0.15, 0.2) is 5.13 Å². The van der Waals surface area contributed by atoms with E-state index in [0.29, 0.717) is 18.0 Å². The van der Waals surface area contributed by atoms with Crippen molar-refractivity contribution in [2.75, 3.05) is 31.1 Å². The van der Waals surface area contributed by atoms with E-state index in [1.807, 2.05) is 24.0 Å². The zero-order chi connectivity index (χ0) is 20.8. The Morgan fingerprint density at radius 3 is 2.73 bits per heavy atom. The van der Waals surface area contributed by atoms with Crippen molar-refractivity contribution in [2.24, 2.45) is 5.73 Å². The number of thiophene rings is 1. The number of nitrogens with zero attached hydrogens (tertiary/aromatic N) is 4. The number of hydrogen-bond donors (Lipinski definition) is 1. The van der Waals surface area contributed by atoms with Crippen LogP contribution in [-0.4, -0.2) is 52.9 Å². The fourth-order valence-corrected chi connectivity index (χ4v) is 6.66. The summed E-state index contributed by atoms with van der Waals surface area (Å²) in [5.41, 5.74) is 7.42. The summed E-state index contributed by atoms with van der Waals surface area (Å²) in [5.74, 6) is -0.303. The zero-order valence-corrected chi connectivity index (χ0v) is 18.4. The summed E-state index contributed by atoms with van der Waals surface area (Å²) in [7, 11) is 0. The molecule has 5 heterocycles. The van der Waals surface area contributed by atoms with Gasteiger partial charge < -0.3 is 15.5 Å². The minimum Gasteiger partial charge on any atom is -0.365 e. The van der Waals surface area contributed by atoms with Gasteiger partial charge in [-0.25, -0.2) is 9.97 Å². The minimum atomic E-state index is -0.425. The lowest BCUT2D eigenvalue weighted by molar-refractivity contribution is 0.0794. The molecule has 3 aromatic heterocycles. The molecule has 156 valence electrons. The Bertz CT molecular complexity index is 1130. The summed E-state index contributed by atoms with van der Waals surface area (Å²) in [4.78, 5) is 40.7. The smallest absolute Gasteiger partial charge is 0.265 e. The number of hydrogen-bond acceptors (Lipinski definition) is 7. The van der Waals surface area contributed by atoms with E-state index in [0.717, 1.165) is 51.0 Å². The highest BCUT2D eigenvalue weighted by Gasteiger charge is 2.34. The predicted octanol–water partition coefficient (Wildman–Crippen LogP) is 3.39. The van der Waals surface area contributed by atoms with Gasteiger partial charge in [0.1, 0.15) is 9.71 Å². The third kappa shape index (κ3) is 3.26. The molecule has 2 amide bonds. The molecule has 7 nitrogen and oxygen atoms in total. The van der Waals surface area contributed by atoms with Crippen molar-refractivity contribution in [1.29, 1.82) is 0 Å². The van der Waals surface area contributed by atoms with Crippen molar-refractivity contribution in [3.63, 3.8) is 0 Å². The molecule has 0 saturated carbocycles. The third-order valence-corrected chi connectivity index (χ3v) is 8.32. The van der Waals surface area contributed by atoms with Crippen molar-refractivity contribution in [1.82, 2.24) is 14.9 Å². The lowest BCUT2D eigenvalue weighted by Gasteiger charge is -2.16. The number of likely N-dealkylation sites (tertiary alicyclic amines) is 1. The van der Waals surface area contributed by atoms with E-state index in [1.165, 1.54) is 35.5 Å². The number of rotatable bonds is 4. The average Bonchev–Trinajstić information content (AvgIpc) is 3.51. The number of primary amides is 1. The second-order valence-electron chi connectivity index (χ2n) is 7.91. The molecular formula is C21H23N5O2S2. The quantitative estimate of drug-likeness (QED) is 0.670. The van der Waals surface area contributed by atoms with Gasteiger partial charge in [0.25, 0.3) is 11.8 Å². The van der Waals surface area contributed by atoms with Gasteiger partial charge in [0.2, 0.25) is 0 Å². The van der Waals surface area contributed by atoms with Crippen molar-refractivity contribution >= 4 is 49.8 Å². The van der Waals surface area contributed by atoms with Crippen LogP contribution in [0.15, 0.2) is 18.3 Å². The molecular weight excluding hydrogens is 418 g/mol. The predicted molar refractivity (Wildman–Crippen MR) is 120 cm³/mol. The standard InChI is InChI=1S/C21H23N5O2S2/c1-12-16(30-21(24-12)25-8-2-3-9-25)20(28)26-10-6-13(11-26)15-14-5-4-7-23-19(14)29-17(15)18(22)27/h4-5,7,13H,2-3,6,8-11H2,1H3,(H2,22,27)/t13-/m1/s1. The van der Waals surface area contributed by atoms with Crippen molar-refractivity contribution < 1.29 is 9.59 Å². The molecule has 2 aliphatic heterocycles. The van der Waals surface area contributed by atoms with E-state index in [1.54, 1.807) is 6.20 Å². The number of carbonyl (C=O) groups is 2. The lowest BCUT2D eigenvalue weighted by Crippen LogP contribution is -2.28. The average molecular weight is 442 g/mol. The van der Waals surface area contributed by atoms with Gasteiger partial charge in [-0.05, 0) is 37.8 Å². The van der Waals surface area contributed by atoms with Gasteiger partial charge in [-0.15, -0.1) is 11.3 Å². The summed E-state index contributed by atoms with van der Waals surface area (Å²) in [5, 5.41) is 1.93. The molecule has 0 aromatic carbocycles. The molecule has 30 heavy (non-hydrogen) atoms. The van der Waals surface area contributed by atoms with Crippen LogP contribution in [0.25, 0.3) is 10.2 Å². The third-order valence-electron chi connectivity index (χ3n) is 5.97. The van der Waals surface area contributed by atoms with Gasteiger partial charge in [-0.3, -0.25) is 9.59 Å². The van der Waals surface area contributed by atoms with Gasteiger partial charge in [0.05, 0.1) is 10.6 Å². The van der Waals surface area contributed by atoms with Crippen LogP contribution in [0.2, 0.25) is 0 Å². The Balaban J connectivity index is 1.40. The SMILES string of the molecule is Cc1nc(N2CCCC2)sc1C(=O)N1CC[C@@H](c2c(C(N)=O)sc3ncccc23)C1. The number of aromatic nitrogens is 2. The molecule has 2 fully saturated rings. The first-order valence-electron chi connectivity index (χ1n) is 10.2. The normalized spacial score (nSPS) is 19.2. The minimum absolute atomic E-state index is 0.0382. The second-order valence-corrected chi connectivity index (χ2v) is 9.88. The summed E-state index contributed by atoms with van der Waals surface area (Å²) < 4.78 is 0. The summed E-state index contributed by atoms with van der Waals surface area (Å²) in [6.45, 7) is 5.19. The highest BCUT2D eigenvalue weighted by molar-refractivity contribution is 7.20. The second kappa shape index (κ2) is 7.63. The van der Waals surface area contributed by atoms with E-state index >= 15 is 0 Å². The van der Waals surface area contributed by atoms with Crippen LogP contribution < -0.4 is 10.6 Å². The van der Waals surface area contributed by atoms with Crippen LogP contribution in [0.3, 0.4) is 0 Å². The van der Waals surface area contributed by atoms with E-state index < -0.39 is 5.91 Å². The molecule has 3 aromatic rings. The van der Waals surface area contributed by atoms with Gasteiger partial charge in [-0.1, -0.05) is 17.4 Å². The van der Waals surface area contributed by atoms with Crippen LogP contribution in [0.1, 0.15) is 55.8 Å². The number of pyridine rings is 1. The van der Waals surface area contributed by atoms with Crippen molar-refractivity contribution in [3.8, 4) is 0 Å². The van der Waals surface area contributed by atoms with E-state index in [4.69, 9.17) is 5.73 Å². The summed E-state index contributed by atoms with van der Waals surface area (Å²) >= 11 is 2.84. The Morgan fingerprint density at radius 2 is 1.97 bits per heavy atom. The van der Waals surface area contributed by atoms with Gasteiger partial charge in [0, 0.05) is 43.7 Å². The Morgan fingerprint density at radius 1 is 1.17 bits per heavy atom. The fourth-order valence-electron chi connectivity index (χ4n) is 4.49. The van der Waals surface area contributed by atoms with Crippen LogP contribution in [0, 0.1) is 6.92 Å². The lowest BCUT2D eigenvalue weighted by atomic mass is 9.95. The number of thiazole rings is 1. The number of amides is 2. The number of nitrogens with two attached hydrogens (primary N) is 1. The first-order valence-corrected chi connectivity index (χ1v) is 11.8. The molecule has 5 rings (SSSR count). The maximum absolute atomic E-state index is 13.3. The topological polar surface area (TPSA) is 92.4 Å². The summed E-state index contributed by atoms with van der Waals surface area (Å²) in [6.07, 6.45) is 4.90. The number of fused-ring (bicyclic) bond motifs is 1. The molecule has 0 spiro atoms. The van der Waals surface area contributed by atoms with Crippen LogP contribution in [-0.2, 0) is 0 Å². The Labute approximate surface area is 182 Å². The van der Waals surface area contributed by atoms with Crippen LogP contribution >= 0.6 is 22.7 Å². The Hall–Kier alpha value is -2.52. The molecule has 2 aliphatic rings. The first kappa shape index (κ1) is 19.4. The molecule has 2 N–H and O–H groups in total. The molecule has 0 aliphatic carbocycles. The van der Waals surface area contributed by atoms with Crippen molar-refractivity contribution in [2.45, 2.75) is 32.1 Å². The molecule has 0 bridgehead atoms. The van der Waals surface area contributed by atoms with Crippen LogP contribution in [0.5, 0.6) is 0 Å². The first-order chi connectivity index (χ1) is 14.5. The maximum atomic E-state index is 13.3. The highest BCUT2D eigenvalue weighted by Crippen LogP contribution is 2.40. The molecule has 0 radical (unpaired) electrons. The van der Waals surface area contributed by atoms with E-state index in [2.05, 4.69) is 14.9 Å². The largest absolute Gasteiger partial charge is 0.365 e. The summed E-state index contributed by atoms with van der Waals surface area (Å²) in [6, 6.07) is 3.86. The molecule has 0 unspecified atom stereocenters. The molecule has 2 saturated heterocycles. The van der Waals surface area contributed by atoms with Crippen molar-refractivity contribution in [3.05, 3.63) is 39.3 Å². The number of aryl methyl sites for hydroxylation is 1. The number of anilines is 1. The highest BCUT2D eigenvalue weighted by atomic mass is 32.1. The van der Waals surface area contributed by atoms with E-state index in [-0.39, 0.29) is 11.8 Å². The monoisotopic (exact) mass is 441 g/mol. The fraction of sp³-hybridized carbons (Fsp3) is 0.429. The van der Waals surface area contributed by atoms with Gasteiger partial charge in [-0.2, -0.15) is 0 Å². The van der Waals surface area contributed by atoms with E-state index in [9.17, 15) is 9.59 Å². The Kier molecular flexibility index (Phi) is 4.94. The van der Waals surface area contributed by atoms with Crippen LogP contribution in [0.4, 0.5) is 5.13 Å². The van der Waals surface area contributed by atoms with Gasteiger partial charge >= 0.3 is 0 Å².